The van der Waals surface area contributed by atoms with Crippen molar-refractivity contribution >= 4 is 16.6 Å². The molecule has 0 aromatic heterocycles. The number of nitrogens with two attached hydrogens (primary N) is 1. The Morgan fingerprint density at radius 1 is 1.24 bits per heavy atom. The molecule has 0 spiro atoms. The van der Waals surface area contributed by atoms with E-state index in [9.17, 15) is 0 Å². The smallest absolute Gasteiger partial charge is 0.158 e. The third-order valence-electron chi connectivity index (χ3n) is 3.85. The van der Waals surface area contributed by atoms with Crippen molar-refractivity contribution < 1.29 is 9.47 Å². The maximum atomic E-state index is 7.87. The van der Waals surface area contributed by atoms with E-state index < -0.39 is 0 Å². The molecule has 21 heavy (non-hydrogen) atoms. The Bertz CT molecular complexity index is 648. The van der Waals surface area contributed by atoms with Gasteiger partial charge in [-0.25, -0.2) is 0 Å². The fourth-order valence-electron chi connectivity index (χ4n) is 2.78. The normalized spacial score (nSPS) is 18.8. The van der Waals surface area contributed by atoms with Crippen molar-refractivity contribution in [2.24, 2.45) is 5.73 Å². The summed E-state index contributed by atoms with van der Waals surface area (Å²) in [5, 5.41) is 9.95. The molecule has 0 bridgehead atoms. The molecule has 2 aromatic carbocycles. The first kappa shape index (κ1) is 14.0. The van der Waals surface area contributed by atoms with Gasteiger partial charge in [-0.3, -0.25) is 5.41 Å². The SMILES string of the molecule is N=C(N)c1c(COC2CCCCO2)ccc2ccccc12. The van der Waals surface area contributed by atoms with Gasteiger partial charge in [0.2, 0.25) is 0 Å². The second kappa shape index (κ2) is 6.24. The molecule has 0 aliphatic carbocycles. The fourth-order valence-corrected chi connectivity index (χ4v) is 2.78. The summed E-state index contributed by atoms with van der Waals surface area (Å²) < 4.78 is 11.4. The molecular formula is C17H20N2O2. The first-order chi connectivity index (χ1) is 10.3. The van der Waals surface area contributed by atoms with Crippen LogP contribution in [0.4, 0.5) is 0 Å². The predicted molar refractivity (Wildman–Crippen MR) is 83.3 cm³/mol. The molecule has 1 aliphatic rings. The summed E-state index contributed by atoms with van der Waals surface area (Å²) in [6.07, 6.45) is 3.05. The van der Waals surface area contributed by atoms with E-state index in [4.69, 9.17) is 20.6 Å². The molecule has 3 rings (SSSR count). The summed E-state index contributed by atoms with van der Waals surface area (Å²) in [5.74, 6) is 0.0787. The van der Waals surface area contributed by atoms with Gasteiger partial charge in [-0.1, -0.05) is 36.4 Å². The van der Waals surface area contributed by atoms with E-state index in [1.54, 1.807) is 0 Å². The molecule has 4 nitrogen and oxygen atoms in total. The minimum atomic E-state index is -0.134. The highest BCUT2D eigenvalue weighted by atomic mass is 16.7. The molecule has 1 atom stereocenters. The number of rotatable bonds is 4. The number of hydrogen-bond acceptors (Lipinski definition) is 3. The number of amidine groups is 1. The van der Waals surface area contributed by atoms with Crippen molar-refractivity contribution in [1.29, 1.82) is 5.41 Å². The van der Waals surface area contributed by atoms with Gasteiger partial charge in [-0.15, -0.1) is 0 Å². The van der Waals surface area contributed by atoms with Crippen molar-refractivity contribution in [1.82, 2.24) is 0 Å². The minimum absolute atomic E-state index is 0.0787. The molecule has 2 aromatic rings. The van der Waals surface area contributed by atoms with Crippen LogP contribution in [0.15, 0.2) is 36.4 Å². The van der Waals surface area contributed by atoms with Crippen molar-refractivity contribution in [3.63, 3.8) is 0 Å². The number of benzene rings is 2. The van der Waals surface area contributed by atoms with E-state index in [0.717, 1.165) is 47.8 Å². The number of nitrogen functional groups attached to an aromatic ring is 1. The van der Waals surface area contributed by atoms with Gasteiger partial charge in [-0.2, -0.15) is 0 Å². The Labute approximate surface area is 124 Å². The molecule has 1 aliphatic heterocycles. The average Bonchev–Trinajstić information content (AvgIpc) is 2.53. The van der Waals surface area contributed by atoms with Crippen LogP contribution in [0.25, 0.3) is 10.8 Å². The van der Waals surface area contributed by atoms with Gasteiger partial charge in [0.05, 0.1) is 6.61 Å². The van der Waals surface area contributed by atoms with E-state index in [1.807, 2.05) is 36.4 Å². The molecule has 0 amide bonds. The summed E-state index contributed by atoms with van der Waals surface area (Å²) >= 11 is 0. The van der Waals surface area contributed by atoms with Crippen LogP contribution in [0.1, 0.15) is 30.4 Å². The van der Waals surface area contributed by atoms with Gasteiger partial charge >= 0.3 is 0 Å². The topological polar surface area (TPSA) is 68.3 Å². The fraction of sp³-hybridized carbons (Fsp3) is 0.353. The monoisotopic (exact) mass is 284 g/mol. The van der Waals surface area contributed by atoms with Crippen molar-refractivity contribution in [3.8, 4) is 0 Å². The zero-order valence-electron chi connectivity index (χ0n) is 12.0. The molecular weight excluding hydrogens is 264 g/mol. The summed E-state index contributed by atoms with van der Waals surface area (Å²) in [7, 11) is 0. The average molecular weight is 284 g/mol. The van der Waals surface area contributed by atoms with E-state index in [0.29, 0.717) is 6.61 Å². The Hall–Kier alpha value is -1.91. The second-order valence-electron chi connectivity index (χ2n) is 5.34. The highest BCUT2D eigenvalue weighted by Crippen LogP contribution is 2.24. The molecule has 1 saturated heterocycles. The quantitative estimate of drug-likeness (QED) is 0.669. The van der Waals surface area contributed by atoms with E-state index in [1.165, 1.54) is 0 Å². The summed E-state index contributed by atoms with van der Waals surface area (Å²) in [4.78, 5) is 0. The highest BCUT2D eigenvalue weighted by Gasteiger charge is 2.16. The van der Waals surface area contributed by atoms with Crippen LogP contribution < -0.4 is 5.73 Å². The lowest BCUT2D eigenvalue weighted by atomic mass is 9.98. The first-order valence-electron chi connectivity index (χ1n) is 7.34. The molecule has 1 unspecified atom stereocenters. The first-order valence-corrected chi connectivity index (χ1v) is 7.34. The van der Waals surface area contributed by atoms with E-state index in [2.05, 4.69) is 0 Å². The maximum Gasteiger partial charge on any atom is 0.158 e. The van der Waals surface area contributed by atoms with Crippen LogP contribution in [-0.2, 0) is 16.1 Å². The van der Waals surface area contributed by atoms with Gasteiger partial charge in [0.1, 0.15) is 5.84 Å². The van der Waals surface area contributed by atoms with E-state index in [-0.39, 0.29) is 12.1 Å². The van der Waals surface area contributed by atoms with Crippen LogP contribution >= 0.6 is 0 Å². The highest BCUT2D eigenvalue weighted by molar-refractivity contribution is 6.08. The second-order valence-corrected chi connectivity index (χ2v) is 5.34. The van der Waals surface area contributed by atoms with Gasteiger partial charge < -0.3 is 15.2 Å². The van der Waals surface area contributed by atoms with Gasteiger partial charge in [0.15, 0.2) is 6.29 Å². The van der Waals surface area contributed by atoms with Gasteiger partial charge in [-0.05, 0) is 35.6 Å². The Balaban J connectivity index is 1.87. The maximum absolute atomic E-state index is 7.87. The molecule has 1 fully saturated rings. The molecule has 1 heterocycles. The van der Waals surface area contributed by atoms with E-state index >= 15 is 0 Å². The summed E-state index contributed by atoms with van der Waals surface area (Å²) in [6, 6.07) is 12.0. The number of ether oxygens (including phenoxy) is 2. The third kappa shape index (κ3) is 3.06. The third-order valence-corrected chi connectivity index (χ3v) is 3.85. The van der Waals surface area contributed by atoms with Crippen LogP contribution in [0.3, 0.4) is 0 Å². The van der Waals surface area contributed by atoms with Crippen LogP contribution in [-0.4, -0.2) is 18.7 Å². The Kier molecular flexibility index (Phi) is 4.18. The van der Waals surface area contributed by atoms with Crippen LogP contribution in [0, 0.1) is 5.41 Å². The predicted octanol–water partition coefficient (Wildman–Crippen LogP) is 3.17. The number of fused-ring (bicyclic) bond motifs is 1. The standard InChI is InChI=1S/C17H20N2O2/c18-17(19)16-13(11-21-15-7-3-4-10-20-15)9-8-12-5-1-2-6-14(12)16/h1-2,5-6,8-9,15H,3-4,7,10-11H2,(H3,18,19). The Morgan fingerprint density at radius 2 is 2.10 bits per heavy atom. The van der Waals surface area contributed by atoms with Gasteiger partial charge in [0.25, 0.3) is 0 Å². The van der Waals surface area contributed by atoms with Crippen molar-refractivity contribution in [2.45, 2.75) is 32.2 Å². The lowest BCUT2D eigenvalue weighted by Gasteiger charge is -2.23. The summed E-state index contributed by atoms with van der Waals surface area (Å²) in [6.45, 7) is 1.19. The number of nitrogens with one attached hydrogen (secondary N) is 1. The molecule has 0 radical (unpaired) electrons. The molecule has 110 valence electrons. The Morgan fingerprint density at radius 3 is 2.86 bits per heavy atom. The summed E-state index contributed by atoms with van der Waals surface area (Å²) in [5.41, 5.74) is 7.49. The molecule has 3 N–H and O–H groups in total. The van der Waals surface area contributed by atoms with Crippen LogP contribution in [0.5, 0.6) is 0 Å². The lowest BCUT2D eigenvalue weighted by Crippen LogP contribution is -2.23. The minimum Gasteiger partial charge on any atom is -0.384 e. The van der Waals surface area contributed by atoms with Crippen LogP contribution in [0.2, 0.25) is 0 Å². The van der Waals surface area contributed by atoms with Crippen molar-refractivity contribution in [3.05, 3.63) is 47.5 Å². The zero-order chi connectivity index (χ0) is 14.7. The van der Waals surface area contributed by atoms with Gasteiger partial charge in [0, 0.05) is 12.2 Å². The lowest BCUT2D eigenvalue weighted by molar-refractivity contribution is -0.168. The number of hydrogen-bond donors (Lipinski definition) is 2. The zero-order valence-corrected chi connectivity index (χ0v) is 12.0. The molecule has 0 saturated carbocycles. The largest absolute Gasteiger partial charge is 0.384 e. The molecule has 4 heteroatoms. The van der Waals surface area contributed by atoms with Crippen molar-refractivity contribution in [2.75, 3.05) is 6.61 Å².